The van der Waals surface area contributed by atoms with Crippen molar-refractivity contribution in [2.45, 2.75) is 13.8 Å². The average molecular weight is 543 g/mol. The summed E-state index contributed by atoms with van der Waals surface area (Å²) < 4.78 is 6.02. The zero-order valence-corrected chi connectivity index (χ0v) is 21.9. The van der Waals surface area contributed by atoms with Crippen LogP contribution >= 0.6 is 47.2 Å². The Morgan fingerprint density at radius 1 is 1.03 bits per heavy atom. The second-order valence-corrected chi connectivity index (χ2v) is 10.3. The fourth-order valence-electron chi connectivity index (χ4n) is 3.24. The van der Waals surface area contributed by atoms with Crippen molar-refractivity contribution in [3.63, 3.8) is 0 Å². The molecule has 9 heteroatoms. The van der Waals surface area contributed by atoms with Gasteiger partial charge in [0.25, 0.3) is 11.8 Å². The number of amides is 2. The number of nitrogens with zero attached hydrogens (tertiary/aromatic N) is 1. The molecular formula is C26H20Cl2N2O3S2. The summed E-state index contributed by atoms with van der Waals surface area (Å²) in [6.07, 6.45) is 1.77. The number of anilines is 2. The van der Waals surface area contributed by atoms with Gasteiger partial charge in [-0.05, 0) is 73.0 Å². The highest BCUT2D eigenvalue weighted by Crippen LogP contribution is 2.37. The van der Waals surface area contributed by atoms with E-state index in [1.165, 1.54) is 16.7 Å². The molecule has 3 aromatic carbocycles. The van der Waals surface area contributed by atoms with Crippen LogP contribution in [0.2, 0.25) is 10.0 Å². The molecule has 3 aromatic rings. The molecule has 0 aliphatic carbocycles. The molecule has 2 amide bonds. The number of hydrogen-bond donors (Lipinski definition) is 1. The number of thioether (sulfide) groups is 1. The van der Waals surface area contributed by atoms with Crippen molar-refractivity contribution in [2.24, 2.45) is 0 Å². The van der Waals surface area contributed by atoms with Gasteiger partial charge in [0.05, 0.1) is 10.6 Å². The minimum absolute atomic E-state index is 0.150. The summed E-state index contributed by atoms with van der Waals surface area (Å²) in [5.41, 5.74) is 3.91. The molecule has 0 saturated carbocycles. The summed E-state index contributed by atoms with van der Waals surface area (Å²) in [7, 11) is 0. The number of aryl methyl sites for hydroxylation is 2. The van der Waals surface area contributed by atoms with Crippen LogP contribution in [0.25, 0.3) is 6.08 Å². The molecule has 178 valence electrons. The molecular weight excluding hydrogens is 523 g/mol. The van der Waals surface area contributed by atoms with E-state index >= 15 is 0 Å². The van der Waals surface area contributed by atoms with E-state index < -0.39 is 0 Å². The zero-order chi connectivity index (χ0) is 25.1. The standard InChI is InChI=1S/C26H20Cl2N2O3S2/c1-15-3-7-18(12-21(15)27)29-24(31)14-33-20-9-5-17(6-10-20)11-23-25(32)30(26(34)35-23)19-8-4-16(2)22(28)13-19/h3-13H,14H2,1-2H3,(H,29,31)/b23-11-. The first kappa shape index (κ1) is 25.3. The SMILES string of the molecule is Cc1ccc(NC(=O)COc2ccc(/C=C3\SC(=S)N(c4ccc(C)c(Cl)c4)C3=O)cc2)cc1Cl. The third-order valence-electron chi connectivity index (χ3n) is 5.21. The van der Waals surface area contributed by atoms with Crippen LogP contribution in [0.1, 0.15) is 16.7 Å². The summed E-state index contributed by atoms with van der Waals surface area (Å²) in [6.45, 7) is 3.64. The van der Waals surface area contributed by atoms with Crippen molar-refractivity contribution in [3.05, 3.63) is 92.3 Å². The summed E-state index contributed by atoms with van der Waals surface area (Å²) >= 11 is 19.0. The number of nitrogens with one attached hydrogen (secondary N) is 1. The lowest BCUT2D eigenvalue weighted by molar-refractivity contribution is -0.118. The van der Waals surface area contributed by atoms with Crippen LogP contribution in [0.3, 0.4) is 0 Å². The molecule has 1 fully saturated rings. The molecule has 0 unspecified atom stereocenters. The monoisotopic (exact) mass is 542 g/mol. The minimum atomic E-state index is -0.297. The van der Waals surface area contributed by atoms with Crippen LogP contribution < -0.4 is 15.0 Å². The Morgan fingerprint density at radius 3 is 2.34 bits per heavy atom. The van der Waals surface area contributed by atoms with Gasteiger partial charge in [-0.25, -0.2) is 0 Å². The van der Waals surface area contributed by atoms with Crippen molar-refractivity contribution in [1.29, 1.82) is 0 Å². The normalized spacial score (nSPS) is 14.5. The summed E-state index contributed by atoms with van der Waals surface area (Å²) in [6, 6.07) is 17.8. The Balaban J connectivity index is 1.37. The molecule has 1 heterocycles. The van der Waals surface area contributed by atoms with E-state index in [9.17, 15) is 9.59 Å². The molecule has 5 nitrogen and oxygen atoms in total. The molecule has 0 bridgehead atoms. The Hall–Kier alpha value is -2.84. The first-order valence-electron chi connectivity index (χ1n) is 10.5. The van der Waals surface area contributed by atoms with Crippen LogP contribution in [-0.2, 0) is 9.59 Å². The van der Waals surface area contributed by atoms with E-state index in [2.05, 4.69) is 5.32 Å². The van der Waals surface area contributed by atoms with Gasteiger partial charge in [0, 0.05) is 15.7 Å². The maximum atomic E-state index is 13.0. The maximum Gasteiger partial charge on any atom is 0.270 e. The first-order valence-corrected chi connectivity index (χ1v) is 12.5. The van der Waals surface area contributed by atoms with Gasteiger partial charge in [-0.15, -0.1) is 0 Å². The van der Waals surface area contributed by atoms with Crippen molar-refractivity contribution in [3.8, 4) is 5.75 Å². The molecule has 35 heavy (non-hydrogen) atoms. The maximum absolute atomic E-state index is 13.0. The van der Waals surface area contributed by atoms with Crippen molar-refractivity contribution >= 4 is 80.8 Å². The topological polar surface area (TPSA) is 58.6 Å². The molecule has 0 atom stereocenters. The molecule has 1 saturated heterocycles. The van der Waals surface area contributed by atoms with E-state index in [1.54, 1.807) is 36.4 Å². The lowest BCUT2D eigenvalue weighted by atomic mass is 10.2. The average Bonchev–Trinajstić information content (AvgIpc) is 3.10. The van der Waals surface area contributed by atoms with Gasteiger partial charge in [-0.3, -0.25) is 14.5 Å². The smallest absolute Gasteiger partial charge is 0.270 e. The third kappa shape index (κ3) is 6.05. The number of benzene rings is 3. The Bertz CT molecular complexity index is 1360. The van der Waals surface area contributed by atoms with Crippen LogP contribution in [0.15, 0.2) is 65.6 Å². The lowest BCUT2D eigenvalue weighted by Gasteiger charge is -2.15. The molecule has 1 aliphatic heterocycles. The van der Waals surface area contributed by atoms with E-state index in [0.29, 0.717) is 36.4 Å². The second kappa shape index (κ2) is 10.8. The highest BCUT2D eigenvalue weighted by atomic mass is 35.5. The molecule has 0 radical (unpaired) electrons. The van der Waals surface area contributed by atoms with Crippen molar-refractivity contribution in [2.75, 3.05) is 16.8 Å². The van der Waals surface area contributed by atoms with E-state index in [0.717, 1.165) is 16.7 Å². The quantitative estimate of drug-likeness (QED) is 0.267. The van der Waals surface area contributed by atoms with Gasteiger partial charge in [0.2, 0.25) is 0 Å². The molecule has 1 aliphatic rings. The van der Waals surface area contributed by atoms with Crippen LogP contribution in [0.5, 0.6) is 5.75 Å². The number of carbonyl (C=O) groups excluding carboxylic acids is 2. The van der Waals surface area contributed by atoms with Crippen LogP contribution in [0, 0.1) is 13.8 Å². The number of carbonyl (C=O) groups is 2. The fourth-order valence-corrected chi connectivity index (χ4v) is 4.89. The number of rotatable bonds is 6. The summed E-state index contributed by atoms with van der Waals surface area (Å²) in [5.74, 6) is 0.0306. The minimum Gasteiger partial charge on any atom is -0.484 e. The molecule has 0 spiro atoms. The zero-order valence-electron chi connectivity index (χ0n) is 18.8. The molecule has 1 N–H and O–H groups in total. The fraction of sp³-hybridized carbons (Fsp3) is 0.115. The highest BCUT2D eigenvalue weighted by molar-refractivity contribution is 8.27. The highest BCUT2D eigenvalue weighted by Gasteiger charge is 2.33. The van der Waals surface area contributed by atoms with Crippen molar-refractivity contribution in [1.82, 2.24) is 0 Å². The second-order valence-electron chi connectivity index (χ2n) is 7.82. The summed E-state index contributed by atoms with van der Waals surface area (Å²) in [5, 5.41) is 3.91. The first-order chi connectivity index (χ1) is 16.7. The predicted molar refractivity (Wildman–Crippen MR) is 149 cm³/mol. The largest absolute Gasteiger partial charge is 0.484 e. The van der Waals surface area contributed by atoms with Gasteiger partial charge in [0.1, 0.15) is 5.75 Å². The molecule has 4 rings (SSSR count). The van der Waals surface area contributed by atoms with E-state index in [4.69, 9.17) is 40.2 Å². The lowest BCUT2D eigenvalue weighted by Crippen LogP contribution is -2.27. The van der Waals surface area contributed by atoms with Gasteiger partial charge >= 0.3 is 0 Å². The number of hydrogen-bond acceptors (Lipinski definition) is 5. The Kier molecular flexibility index (Phi) is 7.82. The number of ether oxygens (including phenoxy) is 1. The Morgan fingerprint density at radius 2 is 1.69 bits per heavy atom. The summed E-state index contributed by atoms with van der Waals surface area (Å²) in [4.78, 5) is 27.2. The van der Waals surface area contributed by atoms with E-state index in [-0.39, 0.29) is 18.4 Å². The van der Waals surface area contributed by atoms with Gasteiger partial charge in [-0.2, -0.15) is 0 Å². The molecule has 0 aromatic heterocycles. The van der Waals surface area contributed by atoms with E-state index in [1.807, 2.05) is 44.2 Å². The van der Waals surface area contributed by atoms with Crippen LogP contribution in [-0.4, -0.2) is 22.7 Å². The predicted octanol–water partition coefficient (Wildman–Crippen LogP) is 7.03. The van der Waals surface area contributed by atoms with Crippen LogP contribution in [0.4, 0.5) is 11.4 Å². The van der Waals surface area contributed by atoms with Gasteiger partial charge < -0.3 is 10.1 Å². The third-order valence-corrected chi connectivity index (χ3v) is 7.33. The van der Waals surface area contributed by atoms with Gasteiger partial charge in [0.15, 0.2) is 10.9 Å². The van der Waals surface area contributed by atoms with Gasteiger partial charge in [-0.1, -0.05) is 71.4 Å². The van der Waals surface area contributed by atoms with Crippen molar-refractivity contribution < 1.29 is 14.3 Å². The Labute approximate surface area is 223 Å². The number of halogens is 2. The number of thiocarbonyl (C=S) groups is 1.